The van der Waals surface area contributed by atoms with Crippen LogP contribution in [0.15, 0.2) is 22.6 Å². The SMILES string of the molecule is CCNC1C[C@@H](CCCCOC)S(=O)(=O)C1.NS(=O)(=O)C1=CC=CNS1. The molecule has 0 aromatic carbocycles. The van der Waals surface area contributed by atoms with E-state index in [9.17, 15) is 16.8 Å². The van der Waals surface area contributed by atoms with Crippen molar-refractivity contribution in [3.8, 4) is 0 Å². The van der Waals surface area contributed by atoms with Crippen LogP contribution in [0.25, 0.3) is 0 Å². The molecule has 8 nitrogen and oxygen atoms in total. The summed E-state index contributed by atoms with van der Waals surface area (Å²) in [5, 5.41) is 7.92. The Morgan fingerprint density at radius 2 is 2.15 bits per heavy atom. The molecule has 0 aromatic rings. The Labute approximate surface area is 161 Å². The molecule has 2 rings (SSSR count). The largest absolute Gasteiger partial charge is 0.385 e. The number of nitrogens with two attached hydrogens (primary N) is 1. The number of allylic oxidation sites excluding steroid dienone is 2. The molecule has 2 heterocycles. The molecular weight excluding hydrogens is 398 g/mol. The molecule has 0 amide bonds. The fourth-order valence-corrected chi connectivity index (χ4v) is 6.17. The van der Waals surface area contributed by atoms with E-state index in [1.807, 2.05) is 6.92 Å². The fraction of sp³-hybridized carbons (Fsp3) is 0.733. The first-order chi connectivity index (χ1) is 12.2. The summed E-state index contributed by atoms with van der Waals surface area (Å²) < 4.78 is 52.6. The van der Waals surface area contributed by atoms with Crippen molar-refractivity contribution in [1.82, 2.24) is 10.0 Å². The van der Waals surface area contributed by atoms with Crippen molar-refractivity contribution < 1.29 is 21.6 Å². The third-order valence-electron chi connectivity index (χ3n) is 3.94. The van der Waals surface area contributed by atoms with E-state index in [1.165, 1.54) is 6.08 Å². The van der Waals surface area contributed by atoms with Crippen LogP contribution in [0.4, 0.5) is 0 Å². The van der Waals surface area contributed by atoms with Gasteiger partial charge in [-0.25, -0.2) is 22.0 Å². The first-order valence-corrected chi connectivity index (χ1v) is 12.5. The number of rotatable bonds is 8. The number of primary sulfonamides is 1. The number of hydrogen-bond donors (Lipinski definition) is 3. The van der Waals surface area contributed by atoms with Crippen molar-refractivity contribution in [1.29, 1.82) is 0 Å². The molecule has 0 aliphatic carbocycles. The predicted octanol–water partition coefficient (Wildman–Crippen LogP) is 0.850. The molecule has 2 aliphatic heterocycles. The van der Waals surface area contributed by atoms with Crippen molar-refractivity contribution in [3.63, 3.8) is 0 Å². The number of sulfone groups is 1. The zero-order valence-electron chi connectivity index (χ0n) is 15.2. The van der Waals surface area contributed by atoms with Crippen molar-refractivity contribution >= 4 is 31.8 Å². The van der Waals surface area contributed by atoms with Crippen LogP contribution in [0.3, 0.4) is 0 Å². The van der Waals surface area contributed by atoms with Gasteiger partial charge in [0.25, 0.3) is 0 Å². The lowest BCUT2D eigenvalue weighted by molar-refractivity contribution is 0.192. The maximum absolute atomic E-state index is 11.8. The first kappa shape index (κ1) is 23.4. The Morgan fingerprint density at radius 3 is 2.65 bits per heavy atom. The van der Waals surface area contributed by atoms with Gasteiger partial charge in [0.15, 0.2) is 9.84 Å². The van der Waals surface area contributed by atoms with Gasteiger partial charge in [-0.3, -0.25) is 0 Å². The van der Waals surface area contributed by atoms with Crippen LogP contribution in [0.2, 0.25) is 0 Å². The first-order valence-electron chi connectivity index (χ1n) is 8.46. The normalized spacial score (nSPS) is 24.3. The highest BCUT2D eigenvalue weighted by Gasteiger charge is 2.37. The average Bonchev–Trinajstić information content (AvgIpc) is 2.86. The Morgan fingerprint density at radius 1 is 1.42 bits per heavy atom. The summed E-state index contributed by atoms with van der Waals surface area (Å²) in [6, 6.07) is 0.169. The monoisotopic (exact) mass is 427 g/mol. The number of hydrogen-bond acceptors (Lipinski definition) is 8. The lowest BCUT2D eigenvalue weighted by Gasteiger charge is -2.09. The van der Waals surface area contributed by atoms with Crippen LogP contribution in [-0.4, -0.2) is 54.1 Å². The molecule has 152 valence electrons. The molecule has 26 heavy (non-hydrogen) atoms. The summed E-state index contributed by atoms with van der Waals surface area (Å²) in [5.74, 6) is 0.315. The molecule has 0 spiro atoms. The number of ether oxygens (including phenoxy) is 1. The van der Waals surface area contributed by atoms with Crippen LogP contribution >= 0.6 is 11.9 Å². The molecule has 0 aromatic heterocycles. The highest BCUT2D eigenvalue weighted by molar-refractivity contribution is 8.17. The molecule has 1 saturated heterocycles. The zero-order chi connectivity index (χ0) is 19.6. The van der Waals surface area contributed by atoms with Crippen molar-refractivity contribution in [2.45, 2.75) is 43.9 Å². The topological polar surface area (TPSA) is 128 Å². The summed E-state index contributed by atoms with van der Waals surface area (Å²) in [4.78, 5) is 0. The number of nitrogens with one attached hydrogen (secondary N) is 2. The van der Waals surface area contributed by atoms with Crippen LogP contribution in [0.5, 0.6) is 0 Å². The van der Waals surface area contributed by atoms with Crippen LogP contribution in [0, 0.1) is 0 Å². The van der Waals surface area contributed by atoms with Crippen molar-refractivity contribution in [2.75, 3.05) is 26.0 Å². The van der Waals surface area contributed by atoms with Gasteiger partial charge in [-0.2, -0.15) is 0 Å². The second kappa shape index (κ2) is 11.3. The minimum atomic E-state index is -3.52. The molecule has 1 fully saturated rings. The van der Waals surface area contributed by atoms with E-state index in [1.54, 1.807) is 19.4 Å². The molecule has 2 aliphatic rings. The Kier molecular flexibility index (Phi) is 10.2. The molecule has 0 radical (unpaired) electrons. The molecular formula is C15H29N3O5S3. The minimum Gasteiger partial charge on any atom is -0.385 e. The van der Waals surface area contributed by atoms with Crippen molar-refractivity contribution in [3.05, 3.63) is 22.6 Å². The molecule has 0 bridgehead atoms. The summed E-state index contributed by atoms with van der Waals surface area (Å²) in [5.41, 5.74) is 0. The van der Waals surface area contributed by atoms with Gasteiger partial charge in [-0.15, -0.1) is 0 Å². The highest BCUT2D eigenvalue weighted by atomic mass is 32.3. The van der Waals surface area contributed by atoms with E-state index in [0.29, 0.717) is 5.75 Å². The summed E-state index contributed by atoms with van der Waals surface area (Å²) >= 11 is 0.981. The summed E-state index contributed by atoms with van der Waals surface area (Å²) in [7, 11) is -4.69. The van der Waals surface area contributed by atoms with Crippen molar-refractivity contribution in [2.24, 2.45) is 5.14 Å². The van der Waals surface area contributed by atoms with E-state index in [-0.39, 0.29) is 15.5 Å². The van der Waals surface area contributed by atoms with Gasteiger partial charge in [0.1, 0.15) is 4.24 Å². The van der Waals surface area contributed by atoms with Gasteiger partial charge in [-0.05, 0) is 56.3 Å². The lowest BCUT2D eigenvalue weighted by Crippen LogP contribution is -2.29. The van der Waals surface area contributed by atoms with Crippen LogP contribution in [-0.2, 0) is 24.6 Å². The summed E-state index contributed by atoms with van der Waals surface area (Å²) in [6.07, 6.45) is 8.10. The molecule has 1 unspecified atom stereocenters. The lowest BCUT2D eigenvalue weighted by atomic mass is 10.1. The number of sulfonamides is 1. The number of unbranched alkanes of at least 4 members (excludes halogenated alkanes) is 1. The predicted molar refractivity (Wildman–Crippen MR) is 106 cm³/mol. The molecule has 0 saturated carbocycles. The molecule has 11 heteroatoms. The van der Waals surface area contributed by atoms with Gasteiger partial charge in [0.05, 0.1) is 11.0 Å². The van der Waals surface area contributed by atoms with Gasteiger partial charge in [0, 0.05) is 26.0 Å². The second-order valence-electron chi connectivity index (χ2n) is 6.04. The summed E-state index contributed by atoms with van der Waals surface area (Å²) in [6.45, 7) is 3.58. The quantitative estimate of drug-likeness (QED) is 0.384. The zero-order valence-corrected chi connectivity index (χ0v) is 17.6. The van der Waals surface area contributed by atoms with Gasteiger partial charge in [-0.1, -0.05) is 6.92 Å². The van der Waals surface area contributed by atoms with E-state index in [2.05, 4.69) is 10.0 Å². The third kappa shape index (κ3) is 8.40. The standard InChI is InChI=1S/C11H23NO3S.C4H6N2O2S2/c1-3-12-10-8-11(16(13,14)9-10)6-4-5-7-15-2;5-10(7,8)4-2-1-3-6-9-4/h10-12H,3-9H2,1-2H3;1-3,6H,(H2,5,7,8)/t10?,11-;/m1./s1. The highest BCUT2D eigenvalue weighted by Crippen LogP contribution is 2.25. The Hall–Kier alpha value is -0.590. The van der Waals surface area contributed by atoms with Gasteiger partial charge in [0.2, 0.25) is 10.0 Å². The Bertz CT molecular complexity index is 689. The third-order valence-corrected chi connectivity index (χ3v) is 8.49. The minimum absolute atomic E-state index is 0.131. The Balaban J connectivity index is 0.000000289. The smallest absolute Gasteiger partial charge is 0.245 e. The van der Waals surface area contributed by atoms with E-state index >= 15 is 0 Å². The van der Waals surface area contributed by atoms with E-state index < -0.39 is 19.9 Å². The number of methoxy groups -OCH3 is 1. The average molecular weight is 428 g/mol. The van der Waals surface area contributed by atoms with E-state index in [4.69, 9.17) is 9.88 Å². The molecule has 4 N–H and O–H groups in total. The van der Waals surface area contributed by atoms with Crippen LogP contribution in [0.1, 0.15) is 32.6 Å². The van der Waals surface area contributed by atoms with Gasteiger partial charge >= 0.3 is 0 Å². The maximum Gasteiger partial charge on any atom is 0.245 e. The second-order valence-corrected chi connectivity index (χ2v) is 11.0. The van der Waals surface area contributed by atoms with Gasteiger partial charge < -0.3 is 14.8 Å². The van der Waals surface area contributed by atoms with Crippen LogP contribution < -0.4 is 15.2 Å². The molecule has 2 atom stereocenters. The van der Waals surface area contributed by atoms with E-state index in [0.717, 1.165) is 50.8 Å². The maximum atomic E-state index is 11.8. The fourth-order valence-electron chi connectivity index (χ4n) is 2.74.